The summed E-state index contributed by atoms with van der Waals surface area (Å²) in [5, 5.41) is 2.58. The number of benzene rings is 4. The molecule has 0 radical (unpaired) electrons. The Morgan fingerprint density at radius 2 is 1.44 bits per heavy atom. The number of hydrogen-bond acceptors (Lipinski definition) is 2. The molecule has 0 aromatic heterocycles. The normalized spacial score (nSPS) is 10.9. The Morgan fingerprint density at radius 3 is 2.22 bits per heavy atom. The van der Waals surface area contributed by atoms with E-state index in [1.165, 1.54) is 33.2 Å². The third-order valence-electron chi connectivity index (χ3n) is 5.99. The van der Waals surface area contributed by atoms with E-state index in [-0.39, 0.29) is 0 Å². The van der Waals surface area contributed by atoms with Crippen LogP contribution in [-0.2, 0) is 19.4 Å². The zero-order valence-corrected chi connectivity index (χ0v) is 19.3. The summed E-state index contributed by atoms with van der Waals surface area (Å²) < 4.78 is 6.35. The molecule has 0 aliphatic carbocycles. The van der Waals surface area contributed by atoms with E-state index in [2.05, 4.69) is 110 Å². The highest BCUT2D eigenvalue weighted by molar-refractivity contribution is 5.82. The van der Waals surface area contributed by atoms with Gasteiger partial charge in [0.15, 0.2) is 0 Å². The third-order valence-corrected chi connectivity index (χ3v) is 5.99. The second-order valence-electron chi connectivity index (χ2n) is 8.32. The van der Waals surface area contributed by atoms with E-state index in [1.54, 1.807) is 0 Å². The van der Waals surface area contributed by atoms with Gasteiger partial charge in [0.25, 0.3) is 0 Å². The molecule has 2 heteroatoms. The van der Waals surface area contributed by atoms with Gasteiger partial charge < -0.3 is 9.64 Å². The van der Waals surface area contributed by atoms with Crippen LogP contribution in [0.1, 0.15) is 37.0 Å². The van der Waals surface area contributed by atoms with Gasteiger partial charge in [-0.3, -0.25) is 0 Å². The van der Waals surface area contributed by atoms with Crippen LogP contribution in [0.4, 0.5) is 5.69 Å². The lowest BCUT2D eigenvalue weighted by molar-refractivity contribution is 0.318. The summed E-state index contributed by atoms with van der Waals surface area (Å²) in [6, 6.07) is 32.6. The van der Waals surface area contributed by atoms with Gasteiger partial charge in [0.1, 0.15) is 5.75 Å². The van der Waals surface area contributed by atoms with Crippen LogP contribution in [0.25, 0.3) is 10.8 Å². The molecular weight excluding hydrogens is 390 g/mol. The molecule has 0 unspecified atom stereocenters. The van der Waals surface area contributed by atoms with E-state index in [9.17, 15) is 0 Å². The summed E-state index contributed by atoms with van der Waals surface area (Å²) in [5.74, 6) is 1.04. The molecule has 2 nitrogen and oxygen atoms in total. The van der Waals surface area contributed by atoms with Gasteiger partial charge in [0, 0.05) is 25.2 Å². The van der Waals surface area contributed by atoms with Crippen LogP contribution in [0.2, 0.25) is 0 Å². The summed E-state index contributed by atoms with van der Waals surface area (Å²) in [4.78, 5) is 2.40. The number of para-hydroxylation sites is 1. The maximum Gasteiger partial charge on any atom is 0.122 e. The summed E-state index contributed by atoms with van der Waals surface area (Å²) in [6.07, 6.45) is 3.07. The van der Waals surface area contributed by atoms with Crippen molar-refractivity contribution in [2.75, 3.05) is 18.1 Å². The second-order valence-corrected chi connectivity index (χ2v) is 8.32. The lowest BCUT2D eigenvalue weighted by Gasteiger charge is -2.24. The fourth-order valence-corrected chi connectivity index (χ4v) is 4.23. The van der Waals surface area contributed by atoms with Gasteiger partial charge in [-0.25, -0.2) is 0 Å². The van der Waals surface area contributed by atoms with Crippen molar-refractivity contribution in [2.45, 2.75) is 39.7 Å². The number of fused-ring (bicyclic) bond motifs is 1. The fourth-order valence-electron chi connectivity index (χ4n) is 4.23. The molecule has 4 rings (SSSR count). The van der Waals surface area contributed by atoms with Crippen molar-refractivity contribution in [3.63, 3.8) is 0 Å². The number of nitrogens with zero attached hydrogens (tertiary/aromatic N) is 1. The third kappa shape index (κ3) is 5.50. The maximum atomic E-state index is 6.35. The summed E-state index contributed by atoms with van der Waals surface area (Å²) in [7, 11) is 0. The van der Waals surface area contributed by atoms with Crippen molar-refractivity contribution in [1.82, 2.24) is 0 Å². The molecule has 0 bridgehead atoms. The molecule has 4 aromatic carbocycles. The quantitative estimate of drug-likeness (QED) is 0.263. The monoisotopic (exact) mass is 423 g/mol. The number of rotatable bonds is 10. The number of ether oxygens (including phenoxy) is 1. The molecular formula is C30H33NO. The minimum atomic E-state index is 0.689. The van der Waals surface area contributed by atoms with Crippen molar-refractivity contribution < 1.29 is 4.74 Å². The number of aryl methyl sites for hydroxylation is 1. The number of hydrogen-bond donors (Lipinski definition) is 0. The van der Waals surface area contributed by atoms with E-state index < -0.39 is 0 Å². The van der Waals surface area contributed by atoms with Crippen molar-refractivity contribution >= 4 is 16.5 Å². The van der Waals surface area contributed by atoms with Crippen molar-refractivity contribution in [3.8, 4) is 5.75 Å². The van der Waals surface area contributed by atoms with Crippen molar-refractivity contribution in [3.05, 3.63) is 108 Å². The maximum absolute atomic E-state index is 6.35. The molecule has 0 fully saturated rings. The van der Waals surface area contributed by atoms with Gasteiger partial charge in [0.2, 0.25) is 0 Å². The Labute approximate surface area is 192 Å². The standard InChI is InChI=1S/C30H33NO/c1-3-10-27-18-16-25(23-31(4-2)29-13-6-5-7-14-29)22-30(27)32-20-19-24-15-17-26-11-8-9-12-28(26)21-24/h5-9,11-18,21-22H,3-4,10,19-20,23H2,1-2H3. The van der Waals surface area contributed by atoms with Crippen LogP contribution in [0.15, 0.2) is 91.0 Å². The van der Waals surface area contributed by atoms with Gasteiger partial charge in [-0.05, 0) is 59.0 Å². The zero-order chi connectivity index (χ0) is 22.2. The first-order chi connectivity index (χ1) is 15.8. The molecule has 0 N–H and O–H groups in total. The van der Waals surface area contributed by atoms with E-state index in [4.69, 9.17) is 4.74 Å². The first-order valence-electron chi connectivity index (χ1n) is 11.8. The lowest BCUT2D eigenvalue weighted by atomic mass is 10.0. The van der Waals surface area contributed by atoms with Gasteiger partial charge in [0.05, 0.1) is 6.61 Å². The van der Waals surface area contributed by atoms with Crippen LogP contribution in [-0.4, -0.2) is 13.2 Å². The van der Waals surface area contributed by atoms with Crippen LogP contribution in [0, 0.1) is 0 Å². The predicted molar refractivity (Wildman–Crippen MR) is 137 cm³/mol. The Morgan fingerprint density at radius 1 is 0.688 bits per heavy atom. The molecule has 0 saturated carbocycles. The molecule has 32 heavy (non-hydrogen) atoms. The van der Waals surface area contributed by atoms with Gasteiger partial charge >= 0.3 is 0 Å². The van der Waals surface area contributed by atoms with Crippen molar-refractivity contribution in [2.24, 2.45) is 0 Å². The minimum absolute atomic E-state index is 0.689. The number of anilines is 1. The molecule has 0 atom stereocenters. The van der Waals surface area contributed by atoms with Crippen LogP contribution < -0.4 is 9.64 Å². The van der Waals surface area contributed by atoms with Gasteiger partial charge in [-0.2, -0.15) is 0 Å². The first-order valence-corrected chi connectivity index (χ1v) is 11.8. The minimum Gasteiger partial charge on any atom is -0.493 e. The summed E-state index contributed by atoms with van der Waals surface area (Å²) in [6.45, 7) is 6.97. The molecule has 4 aromatic rings. The topological polar surface area (TPSA) is 12.5 Å². The van der Waals surface area contributed by atoms with E-state index in [0.29, 0.717) is 6.61 Å². The lowest BCUT2D eigenvalue weighted by Crippen LogP contribution is -2.21. The zero-order valence-electron chi connectivity index (χ0n) is 19.3. The summed E-state index contributed by atoms with van der Waals surface area (Å²) >= 11 is 0. The van der Waals surface area contributed by atoms with Gasteiger partial charge in [-0.1, -0.05) is 86.1 Å². The van der Waals surface area contributed by atoms with E-state index in [0.717, 1.165) is 38.1 Å². The molecule has 0 saturated heterocycles. The highest BCUT2D eigenvalue weighted by Gasteiger charge is 2.09. The predicted octanol–water partition coefficient (Wildman–Crippen LogP) is 7.44. The van der Waals surface area contributed by atoms with Crippen LogP contribution >= 0.6 is 0 Å². The molecule has 164 valence electrons. The van der Waals surface area contributed by atoms with E-state index >= 15 is 0 Å². The van der Waals surface area contributed by atoms with Crippen LogP contribution in [0.3, 0.4) is 0 Å². The average Bonchev–Trinajstić information content (AvgIpc) is 2.84. The molecule has 0 amide bonds. The first kappa shape index (κ1) is 22.0. The Balaban J connectivity index is 1.46. The highest BCUT2D eigenvalue weighted by atomic mass is 16.5. The molecule has 0 spiro atoms. The average molecular weight is 424 g/mol. The van der Waals surface area contributed by atoms with Crippen LogP contribution in [0.5, 0.6) is 5.75 Å². The van der Waals surface area contributed by atoms with Gasteiger partial charge in [-0.15, -0.1) is 0 Å². The molecule has 0 aliphatic rings. The SMILES string of the molecule is CCCc1ccc(CN(CC)c2ccccc2)cc1OCCc1ccc2ccccc2c1. The Hall–Kier alpha value is -3.26. The Bertz CT molecular complexity index is 1140. The van der Waals surface area contributed by atoms with Crippen molar-refractivity contribution in [1.29, 1.82) is 0 Å². The molecule has 0 aliphatic heterocycles. The fraction of sp³-hybridized carbons (Fsp3) is 0.267. The smallest absolute Gasteiger partial charge is 0.122 e. The highest BCUT2D eigenvalue weighted by Crippen LogP contribution is 2.25. The Kier molecular flexibility index (Phi) is 7.45. The van der Waals surface area contributed by atoms with E-state index in [1.807, 2.05) is 0 Å². The summed E-state index contributed by atoms with van der Waals surface area (Å²) in [5.41, 5.74) is 5.17. The molecule has 0 heterocycles. The largest absolute Gasteiger partial charge is 0.493 e. The second kappa shape index (κ2) is 10.9.